The minimum Gasteiger partial charge on any atom is -0.458 e. The monoisotopic (exact) mass is 575 g/mol. The van der Waals surface area contributed by atoms with Crippen LogP contribution in [0.4, 0.5) is 0 Å². The van der Waals surface area contributed by atoms with Crippen molar-refractivity contribution in [3.63, 3.8) is 0 Å². The fourth-order valence-corrected chi connectivity index (χ4v) is 8.48. The van der Waals surface area contributed by atoms with Gasteiger partial charge in [-0.1, -0.05) is 40.7 Å². The zero-order valence-corrected chi connectivity index (χ0v) is 26.4. The zero-order chi connectivity index (χ0) is 29.7. The first-order valence-corrected chi connectivity index (χ1v) is 15.9. The molecule has 1 aromatic heterocycles. The Kier molecular flexibility index (Phi) is 11.3. The molecule has 0 amide bonds. The third kappa shape index (κ3) is 7.47. The third-order valence-corrected chi connectivity index (χ3v) is 10.4. The van der Waals surface area contributed by atoms with Crippen molar-refractivity contribution in [1.29, 1.82) is 0 Å². The van der Waals surface area contributed by atoms with E-state index in [1.807, 2.05) is 59.7 Å². The van der Waals surface area contributed by atoms with E-state index in [-0.39, 0.29) is 35.5 Å². The SMILES string of the molecule is CCC1OC(=O)C(C)CC(C)CC(C)(OC)CC(C)C(=O)C(C)C2C(SCCCc3ccccn3)C(=O)OC12C. The molecule has 7 nitrogen and oxygen atoms in total. The summed E-state index contributed by atoms with van der Waals surface area (Å²) in [5.41, 5.74) is -0.590. The van der Waals surface area contributed by atoms with Crippen LogP contribution in [0.25, 0.3) is 0 Å². The molecule has 9 atom stereocenters. The molecule has 2 fully saturated rings. The minimum atomic E-state index is -1.10. The van der Waals surface area contributed by atoms with E-state index in [0.717, 1.165) is 30.7 Å². The van der Waals surface area contributed by atoms with Crippen molar-refractivity contribution >= 4 is 29.5 Å². The molecular formula is C32H49NO6S. The van der Waals surface area contributed by atoms with Gasteiger partial charge in [-0.2, -0.15) is 0 Å². The number of carbonyl (C=O) groups is 3. The highest BCUT2D eigenvalue weighted by molar-refractivity contribution is 8.00. The van der Waals surface area contributed by atoms with Crippen LogP contribution in [-0.4, -0.2) is 58.1 Å². The number of ether oxygens (including phenoxy) is 3. The average Bonchev–Trinajstić information content (AvgIpc) is 3.17. The first-order valence-electron chi connectivity index (χ1n) is 14.9. The van der Waals surface area contributed by atoms with Gasteiger partial charge in [0.05, 0.1) is 11.5 Å². The molecule has 2 aliphatic heterocycles. The maximum Gasteiger partial charge on any atom is 0.320 e. The van der Waals surface area contributed by atoms with Gasteiger partial charge in [-0.15, -0.1) is 11.8 Å². The van der Waals surface area contributed by atoms with Crippen molar-refractivity contribution in [3.05, 3.63) is 30.1 Å². The number of hydrogen-bond donors (Lipinski definition) is 0. The molecule has 3 rings (SSSR count). The molecule has 1 aromatic rings. The Hall–Kier alpha value is -1.93. The van der Waals surface area contributed by atoms with Gasteiger partial charge in [-0.25, -0.2) is 0 Å². The first-order chi connectivity index (χ1) is 18.8. The highest BCUT2D eigenvalue weighted by Gasteiger charge is 2.61. The zero-order valence-electron chi connectivity index (χ0n) is 25.6. The summed E-state index contributed by atoms with van der Waals surface area (Å²) < 4.78 is 18.2. The quantitative estimate of drug-likeness (QED) is 0.286. The van der Waals surface area contributed by atoms with Crippen molar-refractivity contribution in [3.8, 4) is 0 Å². The van der Waals surface area contributed by atoms with E-state index >= 15 is 0 Å². The highest BCUT2D eigenvalue weighted by atomic mass is 32.2. The van der Waals surface area contributed by atoms with Crippen LogP contribution in [0.15, 0.2) is 24.4 Å². The number of methoxy groups -OCH3 is 1. The molecule has 0 spiro atoms. The van der Waals surface area contributed by atoms with Crippen LogP contribution in [-0.2, 0) is 35.0 Å². The number of aromatic nitrogens is 1. The molecule has 8 heteroatoms. The summed E-state index contributed by atoms with van der Waals surface area (Å²) in [6.07, 6.45) is 5.27. The second kappa shape index (κ2) is 13.8. The van der Waals surface area contributed by atoms with E-state index in [1.165, 1.54) is 0 Å². The standard InChI is InChI=1S/C32H49NO6S/c1-9-25-32(7)26(28(30(36)39-32)40-16-12-14-24-13-10-11-15-33-24)23(5)27(34)22(4)19-31(6,37-8)18-20(2)17-21(3)29(35)38-25/h10-11,13,15,20-23,25-26,28H,9,12,14,16-19H2,1-8H3. The highest BCUT2D eigenvalue weighted by Crippen LogP contribution is 2.48. The first kappa shape index (κ1) is 32.6. The van der Waals surface area contributed by atoms with E-state index in [9.17, 15) is 14.4 Å². The largest absolute Gasteiger partial charge is 0.458 e. The summed E-state index contributed by atoms with van der Waals surface area (Å²) in [5, 5.41) is -0.521. The van der Waals surface area contributed by atoms with E-state index in [1.54, 1.807) is 25.1 Å². The van der Waals surface area contributed by atoms with Crippen molar-refractivity contribution in [2.24, 2.45) is 29.6 Å². The second-order valence-electron chi connectivity index (χ2n) is 12.6. The minimum absolute atomic E-state index is 0.0937. The molecule has 0 saturated carbocycles. The fourth-order valence-electron chi connectivity index (χ4n) is 7.02. The Morgan fingerprint density at radius 3 is 2.40 bits per heavy atom. The van der Waals surface area contributed by atoms with Gasteiger partial charge in [0.2, 0.25) is 0 Å². The average molecular weight is 576 g/mol. The number of ketones is 1. The number of rotatable bonds is 7. The van der Waals surface area contributed by atoms with Crippen molar-refractivity contribution < 1.29 is 28.6 Å². The van der Waals surface area contributed by atoms with Crippen LogP contribution in [0.1, 0.15) is 86.3 Å². The number of pyridine rings is 1. The molecule has 0 bridgehead atoms. The van der Waals surface area contributed by atoms with Crippen LogP contribution in [0.3, 0.4) is 0 Å². The van der Waals surface area contributed by atoms with E-state index in [4.69, 9.17) is 14.2 Å². The maximum atomic E-state index is 14.0. The van der Waals surface area contributed by atoms with Gasteiger partial charge in [0, 0.05) is 36.8 Å². The maximum absolute atomic E-state index is 14.0. The molecule has 0 aromatic carbocycles. The number of hydrogen-bond acceptors (Lipinski definition) is 8. The molecule has 40 heavy (non-hydrogen) atoms. The normalized spacial score (nSPS) is 37.8. The molecule has 0 aliphatic carbocycles. The van der Waals surface area contributed by atoms with Gasteiger partial charge in [0.15, 0.2) is 5.60 Å². The lowest BCUT2D eigenvalue weighted by atomic mass is 9.70. The topological polar surface area (TPSA) is 91.8 Å². The number of cyclic esters (lactones) is 1. The molecule has 0 radical (unpaired) electrons. The number of esters is 2. The lowest BCUT2D eigenvalue weighted by Gasteiger charge is -2.41. The Morgan fingerprint density at radius 1 is 1.05 bits per heavy atom. The summed E-state index contributed by atoms with van der Waals surface area (Å²) >= 11 is 1.55. The van der Waals surface area contributed by atoms with Crippen LogP contribution >= 0.6 is 11.8 Å². The summed E-state index contributed by atoms with van der Waals surface area (Å²) in [7, 11) is 1.69. The fraction of sp³-hybridized carbons (Fsp3) is 0.750. The van der Waals surface area contributed by atoms with Crippen LogP contribution < -0.4 is 0 Å². The van der Waals surface area contributed by atoms with Crippen molar-refractivity contribution in [2.45, 2.75) is 110 Å². The lowest BCUT2D eigenvalue weighted by Crippen LogP contribution is -2.52. The summed E-state index contributed by atoms with van der Waals surface area (Å²) in [6, 6.07) is 5.87. The lowest BCUT2D eigenvalue weighted by molar-refractivity contribution is -0.183. The summed E-state index contributed by atoms with van der Waals surface area (Å²) in [6.45, 7) is 13.8. The molecule has 3 heterocycles. The molecule has 0 N–H and O–H groups in total. The molecule has 224 valence electrons. The number of thioether (sulfide) groups is 1. The van der Waals surface area contributed by atoms with Gasteiger partial charge >= 0.3 is 11.9 Å². The predicted molar refractivity (Wildman–Crippen MR) is 158 cm³/mol. The Labute approximate surface area is 244 Å². The van der Waals surface area contributed by atoms with Gasteiger partial charge in [0.25, 0.3) is 0 Å². The van der Waals surface area contributed by atoms with Gasteiger partial charge in [-0.3, -0.25) is 19.4 Å². The van der Waals surface area contributed by atoms with Gasteiger partial charge in [-0.05, 0) is 76.2 Å². The Balaban J connectivity index is 1.93. The van der Waals surface area contributed by atoms with Crippen LogP contribution in [0.2, 0.25) is 0 Å². The van der Waals surface area contributed by atoms with Crippen molar-refractivity contribution in [1.82, 2.24) is 4.98 Å². The van der Waals surface area contributed by atoms with E-state index < -0.39 is 34.4 Å². The molecule has 2 saturated heterocycles. The number of nitrogens with zero attached hydrogens (tertiary/aromatic N) is 1. The number of fused-ring (bicyclic) bond motifs is 1. The van der Waals surface area contributed by atoms with Gasteiger partial charge in [0.1, 0.15) is 17.1 Å². The summed E-state index contributed by atoms with van der Waals surface area (Å²) in [4.78, 5) is 45.2. The number of Topliss-reactive ketones (excluding diaryl/α,β-unsaturated/α-hetero) is 1. The predicted octanol–water partition coefficient (Wildman–Crippen LogP) is 6.07. The van der Waals surface area contributed by atoms with E-state index in [0.29, 0.717) is 19.3 Å². The second-order valence-corrected chi connectivity index (χ2v) is 13.8. The van der Waals surface area contributed by atoms with Crippen LogP contribution in [0.5, 0.6) is 0 Å². The molecular weight excluding hydrogens is 526 g/mol. The summed E-state index contributed by atoms with van der Waals surface area (Å²) in [5.74, 6) is -1.05. The smallest absolute Gasteiger partial charge is 0.320 e. The Bertz CT molecular complexity index is 1020. The van der Waals surface area contributed by atoms with Crippen LogP contribution in [0, 0.1) is 29.6 Å². The third-order valence-electron chi connectivity index (χ3n) is 9.05. The van der Waals surface area contributed by atoms with Crippen molar-refractivity contribution in [2.75, 3.05) is 12.9 Å². The number of carbonyl (C=O) groups excluding carboxylic acids is 3. The van der Waals surface area contributed by atoms with Gasteiger partial charge < -0.3 is 14.2 Å². The Morgan fingerprint density at radius 2 is 1.77 bits per heavy atom. The number of aryl methyl sites for hydroxylation is 1. The van der Waals surface area contributed by atoms with E-state index in [2.05, 4.69) is 11.9 Å². The molecule has 2 aliphatic rings. The molecule has 9 unspecified atom stereocenters.